The van der Waals surface area contributed by atoms with Crippen LogP contribution in [0.2, 0.25) is 25.7 Å². The van der Waals surface area contributed by atoms with Crippen molar-refractivity contribution < 1.29 is 4.21 Å². The Balaban J connectivity index is 2.17. The molecule has 0 saturated heterocycles. The van der Waals surface area contributed by atoms with Crippen molar-refractivity contribution in [3.8, 4) is 0 Å². The average molecular weight is 345 g/mol. The molecule has 0 fully saturated rings. The maximum Gasteiger partial charge on any atom is 0.0564 e. The van der Waals surface area contributed by atoms with Crippen molar-refractivity contribution >= 4 is 18.9 Å². The first kappa shape index (κ1) is 18.1. The third kappa shape index (κ3) is 6.07. The second kappa shape index (κ2) is 8.07. The van der Waals surface area contributed by atoms with Crippen LogP contribution >= 0.6 is 0 Å². The van der Waals surface area contributed by atoms with Crippen LogP contribution in [0.25, 0.3) is 0 Å². The van der Waals surface area contributed by atoms with Crippen LogP contribution in [0.3, 0.4) is 0 Å². The van der Waals surface area contributed by atoms with Gasteiger partial charge >= 0.3 is 0 Å². The minimum Gasteiger partial charge on any atom is -0.254 e. The Morgan fingerprint density at radius 1 is 0.957 bits per heavy atom. The fourth-order valence-electron chi connectivity index (χ4n) is 2.61. The van der Waals surface area contributed by atoms with Gasteiger partial charge in [-0.15, -0.1) is 0 Å². The zero-order valence-corrected chi connectivity index (χ0v) is 16.5. The molecule has 2 aromatic rings. The van der Waals surface area contributed by atoms with E-state index >= 15 is 0 Å². The summed E-state index contributed by atoms with van der Waals surface area (Å²) >= 11 is 0. The predicted molar refractivity (Wildman–Crippen MR) is 104 cm³/mol. The van der Waals surface area contributed by atoms with Gasteiger partial charge in [0.05, 0.1) is 10.8 Å². The van der Waals surface area contributed by atoms with Gasteiger partial charge in [-0.25, -0.2) is 0 Å². The normalized spacial score (nSPS) is 14.4. The Labute approximate surface area is 144 Å². The van der Waals surface area contributed by atoms with Crippen LogP contribution in [0.1, 0.15) is 17.5 Å². The Bertz CT molecular complexity index is 629. The molecule has 1 nitrogen and oxygen atoms in total. The highest BCUT2D eigenvalue weighted by Gasteiger charge is 2.22. The van der Waals surface area contributed by atoms with E-state index in [-0.39, 0.29) is 5.25 Å². The van der Waals surface area contributed by atoms with Crippen molar-refractivity contribution in [2.24, 2.45) is 0 Å². The summed E-state index contributed by atoms with van der Waals surface area (Å²) in [5, 5.41) is 0.201. The molecule has 2 unspecified atom stereocenters. The Hall–Kier alpha value is -1.19. The lowest BCUT2D eigenvalue weighted by atomic mass is 10.1. The molecule has 0 N–H and O–H groups in total. The van der Waals surface area contributed by atoms with Crippen LogP contribution in [0.4, 0.5) is 0 Å². The van der Waals surface area contributed by atoms with E-state index in [4.69, 9.17) is 0 Å². The molecule has 0 amide bonds. The number of hydrogen-bond donors (Lipinski definition) is 0. The van der Waals surface area contributed by atoms with Crippen molar-refractivity contribution in [3.05, 3.63) is 65.7 Å². The first-order chi connectivity index (χ1) is 10.8. The van der Waals surface area contributed by atoms with E-state index in [0.29, 0.717) is 0 Å². The standard InChI is InChI=1S/C20H28OSSi/c1-17-10-12-18(13-11-17)16-20(14-15-23(2,3)4)22(21)19-8-6-5-7-9-19/h5-13,20H,14-16H2,1-4H3. The van der Waals surface area contributed by atoms with Crippen molar-refractivity contribution in [2.75, 3.05) is 0 Å². The van der Waals surface area contributed by atoms with E-state index in [1.807, 2.05) is 30.3 Å². The van der Waals surface area contributed by atoms with Crippen LogP contribution in [0.15, 0.2) is 59.5 Å². The van der Waals surface area contributed by atoms with Gasteiger partial charge < -0.3 is 0 Å². The lowest BCUT2D eigenvalue weighted by molar-refractivity contribution is 0.660. The van der Waals surface area contributed by atoms with Crippen LogP contribution in [-0.2, 0) is 17.2 Å². The Kier molecular flexibility index (Phi) is 6.37. The highest BCUT2D eigenvalue weighted by atomic mass is 32.2. The van der Waals surface area contributed by atoms with Crippen molar-refractivity contribution in [2.45, 2.75) is 55.6 Å². The minimum atomic E-state index is -1.13. The Morgan fingerprint density at radius 2 is 1.57 bits per heavy atom. The summed E-state index contributed by atoms with van der Waals surface area (Å²) < 4.78 is 13.1. The maximum atomic E-state index is 13.1. The molecular weight excluding hydrogens is 316 g/mol. The van der Waals surface area contributed by atoms with Crippen LogP contribution in [-0.4, -0.2) is 17.5 Å². The monoisotopic (exact) mass is 344 g/mol. The van der Waals surface area contributed by atoms with Crippen LogP contribution in [0.5, 0.6) is 0 Å². The molecule has 0 saturated carbocycles. The largest absolute Gasteiger partial charge is 0.254 e. The van der Waals surface area contributed by atoms with Crippen molar-refractivity contribution in [3.63, 3.8) is 0 Å². The first-order valence-electron chi connectivity index (χ1n) is 8.36. The fraction of sp³-hybridized carbons (Fsp3) is 0.400. The van der Waals surface area contributed by atoms with Gasteiger partial charge in [-0.3, -0.25) is 4.21 Å². The van der Waals surface area contributed by atoms with E-state index in [0.717, 1.165) is 17.7 Å². The third-order valence-electron chi connectivity index (χ3n) is 4.08. The van der Waals surface area contributed by atoms with Crippen molar-refractivity contribution in [1.82, 2.24) is 0 Å². The molecule has 0 bridgehead atoms. The SMILES string of the molecule is Cc1ccc(CC(CC[Si](C)(C)C)S(=O)c2ccccc2)cc1. The highest BCUT2D eigenvalue weighted by Crippen LogP contribution is 2.23. The molecule has 0 aliphatic heterocycles. The maximum absolute atomic E-state index is 13.1. The van der Waals surface area contributed by atoms with Crippen LogP contribution < -0.4 is 0 Å². The summed E-state index contributed by atoms with van der Waals surface area (Å²) in [5.74, 6) is 0. The highest BCUT2D eigenvalue weighted by molar-refractivity contribution is 7.85. The molecule has 0 spiro atoms. The lowest BCUT2D eigenvalue weighted by Crippen LogP contribution is -2.25. The number of aryl methyl sites for hydroxylation is 1. The molecule has 0 heterocycles. The van der Waals surface area contributed by atoms with Gasteiger partial charge in [0.1, 0.15) is 0 Å². The minimum absolute atomic E-state index is 0.201. The predicted octanol–water partition coefficient (Wildman–Crippen LogP) is 5.44. The van der Waals surface area contributed by atoms with E-state index in [1.165, 1.54) is 17.2 Å². The summed E-state index contributed by atoms with van der Waals surface area (Å²) in [6, 6.07) is 19.8. The molecule has 124 valence electrons. The van der Waals surface area contributed by atoms with Gasteiger partial charge in [-0.2, -0.15) is 0 Å². The summed E-state index contributed by atoms with van der Waals surface area (Å²) in [6.45, 7) is 9.28. The molecule has 0 radical (unpaired) electrons. The zero-order chi connectivity index (χ0) is 16.9. The zero-order valence-electron chi connectivity index (χ0n) is 14.7. The first-order valence-corrected chi connectivity index (χ1v) is 13.3. The van der Waals surface area contributed by atoms with E-state index in [9.17, 15) is 4.21 Å². The van der Waals surface area contributed by atoms with Gasteiger partial charge in [-0.1, -0.05) is 73.7 Å². The molecule has 2 aromatic carbocycles. The van der Waals surface area contributed by atoms with Gasteiger partial charge in [0.25, 0.3) is 0 Å². The number of benzene rings is 2. The van der Waals surface area contributed by atoms with Gasteiger partial charge in [0.15, 0.2) is 0 Å². The quantitative estimate of drug-likeness (QED) is 0.611. The summed E-state index contributed by atoms with van der Waals surface area (Å²) in [7, 11) is -2.07. The second-order valence-corrected chi connectivity index (χ2v) is 14.9. The summed E-state index contributed by atoms with van der Waals surface area (Å²) in [6.07, 6.45) is 1.94. The Morgan fingerprint density at radius 3 is 2.13 bits per heavy atom. The second-order valence-electron chi connectivity index (χ2n) is 7.52. The molecule has 0 aliphatic rings. The molecule has 23 heavy (non-hydrogen) atoms. The van der Waals surface area contributed by atoms with E-state index in [1.54, 1.807) is 0 Å². The smallest absolute Gasteiger partial charge is 0.0564 e. The summed E-state index contributed by atoms with van der Waals surface area (Å²) in [5.41, 5.74) is 2.57. The summed E-state index contributed by atoms with van der Waals surface area (Å²) in [4.78, 5) is 0.959. The topological polar surface area (TPSA) is 17.1 Å². The molecule has 2 rings (SSSR count). The fourth-order valence-corrected chi connectivity index (χ4v) is 5.52. The van der Waals surface area contributed by atoms with Gasteiger partial charge in [0.2, 0.25) is 0 Å². The van der Waals surface area contributed by atoms with Gasteiger partial charge in [0, 0.05) is 18.2 Å². The number of rotatable bonds is 7. The molecule has 2 atom stereocenters. The van der Waals surface area contributed by atoms with E-state index in [2.05, 4.69) is 50.8 Å². The molecule has 0 aliphatic carbocycles. The van der Waals surface area contributed by atoms with Gasteiger partial charge in [-0.05, 0) is 37.5 Å². The molecule has 3 heteroatoms. The number of hydrogen-bond acceptors (Lipinski definition) is 1. The molecular formula is C20H28OSSi. The average Bonchev–Trinajstić information content (AvgIpc) is 2.52. The molecule has 0 aromatic heterocycles. The van der Waals surface area contributed by atoms with Crippen LogP contribution in [0, 0.1) is 6.92 Å². The third-order valence-corrected chi connectivity index (χ3v) is 7.61. The van der Waals surface area contributed by atoms with E-state index < -0.39 is 18.9 Å². The van der Waals surface area contributed by atoms with Crippen molar-refractivity contribution in [1.29, 1.82) is 0 Å². The lowest BCUT2D eigenvalue weighted by Gasteiger charge is -2.22.